The Labute approximate surface area is 93.8 Å². The average Bonchev–Trinajstić information content (AvgIpc) is 2.45. The summed E-state index contributed by atoms with van der Waals surface area (Å²) in [6, 6.07) is 0.264. The molecule has 1 fully saturated rings. The predicted molar refractivity (Wildman–Crippen MR) is 55.1 cm³/mol. The Hall–Kier alpha value is -0.330. The largest absolute Gasteiger partial charge is 0.415 e. The highest BCUT2D eigenvalue weighted by atomic mass is 19.4. The SMILES string of the molecule is CC1CN(CC(O)C(F)(F)F)CC1N(C)C. The molecule has 0 amide bonds. The number of aliphatic hydroxyl groups is 1. The summed E-state index contributed by atoms with van der Waals surface area (Å²) in [6.45, 7) is 2.89. The Morgan fingerprint density at radius 2 is 1.94 bits per heavy atom. The lowest BCUT2D eigenvalue weighted by Gasteiger charge is -2.24. The third-order valence-electron chi connectivity index (χ3n) is 3.12. The zero-order valence-electron chi connectivity index (χ0n) is 9.83. The number of hydrogen-bond acceptors (Lipinski definition) is 3. The highest BCUT2D eigenvalue weighted by Gasteiger charge is 2.41. The zero-order chi connectivity index (χ0) is 12.5. The molecule has 0 aliphatic carbocycles. The highest BCUT2D eigenvalue weighted by Crippen LogP contribution is 2.24. The van der Waals surface area contributed by atoms with Crippen molar-refractivity contribution in [1.82, 2.24) is 9.80 Å². The zero-order valence-corrected chi connectivity index (χ0v) is 9.83. The lowest BCUT2D eigenvalue weighted by molar-refractivity contribution is -0.207. The summed E-state index contributed by atoms with van der Waals surface area (Å²) in [4.78, 5) is 3.69. The first-order valence-corrected chi connectivity index (χ1v) is 5.35. The minimum atomic E-state index is -4.51. The molecular weight excluding hydrogens is 221 g/mol. The van der Waals surface area contributed by atoms with E-state index in [1.807, 2.05) is 25.9 Å². The summed E-state index contributed by atoms with van der Waals surface area (Å²) >= 11 is 0. The van der Waals surface area contributed by atoms with Crippen LogP contribution in [-0.4, -0.2) is 67.0 Å². The van der Waals surface area contributed by atoms with E-state index in [-0.39, 0.29) is 12.6 Å². The first kappa shape index (κ1) is 13.7. The van der Waals surface area contributed by atoms with Crippen LogP contribution >= 0.6 is 0 Å². The van der Waals surface area contributed by atoms with Crippen molar-refractivity contribution in [2.45, 2.75) is 25.2 Å². The van der Waals surface area contributed by atoms with Crippen LogP contribution in [0.1, 0.15) is 6.92 Å². The molecule has 1 heterocycles. The van der Waals surface area contributed by atoms with Crippen molar-refractivity contribution in [3.8, 4) is 0 Å². The van der Waals surface area contributed by atoms with Crippen LogP contribution in [0.15, 0.2) is 0 Å². The molecule has 3 atom stereocenters. The van der Waals surface area contributed by atoms with Gasteiger partial charge in [0.1, 0.15) is 0 Å². The Kier molecular flexibility index (Phi) is 4.20. The standard InChI is InChI=1S/C10H19F3N2O/c1-7-4-15(5-8(7)14(2)3)6-9(16)10(11,12)13/h7-9,16H,4-6H2,1-3H3. The monoisotopic (exact) mass is 240 g/mol. The molecule has 0 spiro atoms. The lowest BCUT2D eigenvalue weighted by Crippen LogP contribution is -2.41. The number of nitrogens with zero attached hydrogens (tertiary/aromatic N) is 2. The Balaban J connectivity index is 2.47. The summed E-state index contributed by atoms with van der Waals surface area (Å²) < 4.78 is 36.5. The van der Waals surface area contributed by atoms with E-state index in [1.165, 1.54) is 0 Å². The number of β-amino-alcohol motifs (C(OH)–C–C–N with tert-alkyl or cyclic N) is 1. The molecule has 3 nitrogen and oxygen atoms in total. The van der Waals surface area contributed by atoms with E-state index >= 15 is 0 Å². The molecule has 1 aliphatic heterocycles. The molecule has 0 bridgehead atoms. The quantitative estimate of drug-likeness (QED) is 0.790. The van der Waals surface area contributed by atoms with Gasteiger partial charge in [0.15, 0.2) is 6.10 Å². The molecular formula is C10H19F3N2O. The van der Waals surface area contributed by atoms with Gasteiger partial charge in [-0.15, -0.1) is 0 Å². The predicted octanol–water partition coefficient (Wildman–Crippen LogP) is 0.791. The van der Waals surface area contributed by atoms with Gasteiger partial charge >= 0.3 is 6.18 Å². The fourth-order valence-corrected chi connectivity index (χ4v) is 2.22. The Morgan fingerprint density at radius 3 is 2.31 bits per heavy atom. The molecule has 0 aromatic carbocycles. The van der Waals surface area contributed by atoms with Crippen molar-refractivity contribution in [2.75, 3.05) is 33.7 Å². The maximum Gasteiger partial charge on any atom is 0.415 e. The lowest BCUT2D eigenvalue weighted by atomic mass is 10.1. The summed E-state index contributed by atoms with van der Waals surface area (Å²) in [5, 5.41) is 8.98. The second kappa shape index (κ2) is 4.89. The van der Waals surface area contributed by atoms with Gasteiger partial charge in [0.25, 0.3) is 0 Å². The van der Waals surface area contributed by atoms with Crippen LogP contribution in [0.2, 0.25) is 0 Å². The average molecular weight is 240 g/mol. The number of aliphatic hydroxyl groups excluding tert-OH is 1. The number of hydrogen-bond donors (Lipinski definition) is 1. The second-order valence-electron chi connectivity index (χ2n) is 4.78. The van der Waals surface area contributed by atoms with Crippen LogP contribution in [0.5, 0.6) is 0 Å². The molecule has 1 N–H and O–H groups in total. The summed E-state index contributed by atoms with van der Waals surface area (Å²) in [5.41, 5.74) is 0. The van der Waals surface area contributed by atoms with Gasteiger partial charge in [-0.3, -0.25) is 4.90 Å². The normalized spacial score (nSPS) is 30.0. The molecule has 3 unspecified atom stereocenters. The first-order valence-electron chi connectivity index (χ1n) is 5.35. The molecule has 0 radical (unpaired) electrons. The van der Waals surface area contributed by atoms with Gasteiger partial charge in [0, 0.05) is 25.7 Å². The molecule has 1 saturated heterocycles. The van der Waals surface area contributed by atoms with Gasteiger partial charge in [-0.2, -0.15) is 13.2 Å². The van der Waals surface area contributed by atoms with Gasteiger partial charge < -0.3 is 10.0 Å². The molecule has 96 valence electrons. The smallest absolute Gasteiger partial charge is 0.382 e. The van der Waals surface area contributed by atoms with Crippen LogP contribution in [0, 0.1) is 5.92 Å². The summed E-state index contributed by atoms with van der Waals surface area (Å²) in [6.07, 6.45) is -6.75. The van der Waals surface area contributed by atoms with E-state index in [0.717, 1.165) is 0 Å². The molecule has 6 heteroatoms. The molecule has 0 saturated carbocycles. The van der Waals surface area contributed by atoms with E-state index in [2.05, 4.69) is 0 Å². The van der Waals surface area contributed by atoms with Crippen LogP contribution in [0.25, 0.3) is 0 Å². The van der Waals surface area contributed by atoms with Crippen molar-refractivity contribution < 1.29 is 18.3 Å². The maximum atomic E-state index is 12.2. The van der Waals surface area contributed by atoms with Crippen LogP contribution in [0.4, 0.5) is 13.2 Å². The van der Waals surface area contributed by atoms with Gasteiger partial charge in [0.2, 0.25) is 0 Å². The van der Waals surface area contributed by atoms with Gasteiger partial charge in [0.05, 0.1) is 0 Å². The third kappa shape index (κ3) is 3.33. The van der Waals surface area contributed by atoms with Crippen molar-refractivity contribution in [1.29, 1.82) is 0 Å². The molecule has 1 aliphatic rings. The summed E-state index contributed by atoms with van der Waals surface area (Å²) in [5.74, 6) is 0.329. The number of likely N-dealkylation sites (N-methyl/N-ethyl adjacent to an activating group) is 1. The van der Waals surface area contributed by atoms with E-state index in [1.54, 1.807) is 4.90 Å². The fraction of sp³-hybridized carbons (Fsp3) is 1.00. The van der Waals surface area contributed by atoms with Crippen molar-refractivity contribution in [3.05, 3.63) is 0 Å². The molecule has 16 heavy (non-hydrogen) atoms. The molecule has 0 aromatic heterocycles. The fourth-order valence-electron chi connectivity index (χ4n) is 2.22. The molecule has 0 aromatic rings. The van der Waals surface area contributed by atoms with Crippen LogP contribution in [0.3, 0.4) is 0 Å². The minimum absolute atomic E-state index is 0.264. The third-order valence-corrected chi connectivity index (χ3v) is 3.12. The number of likely N-dealkylation sites (tertiary alicyclic amines) is 1. The van der Waals surface area contributed by atoms with Crippen molar-refractivity contribution in [3.63, 3.8) is 0 Å². The number of alkyl halides is 3. The maximum absolute atomic E-state index is 12.2. The van der Waals surface area contributed by atoms with E-state index < -0.39 is 12.3 Å². The summed E-state index contributed by atoms with van der Waals surface area (Å²) in [7, 11) is 3.84. The van der Waals surface area contributed by atoms with E-state index in [9.17, 15) is 13.2 Å². The van der Waals surface area contributed by atoms with Crippen LogP contribution < -0.4 is 0 Å². The van der Waals surface area contributed by atoms with Crippen LogP contribution in [-0.2, 0) is 0 Å². The van der Waals surface area contributed by atoms with Crippen molar-refractivity contribution in [2.24, 2.45) is 5.92 Å². The number of halogens is 3. The Bertz CT molecular complexity index is 233. The van der Waals surface area contributed by atoms with Gasteiger partial charge in [-0.1, -0.05) is 6.92 Å². The number of rotatable bonds is 3. The Morgan fingerprint density at radius 1 is 1.38 bits per heavy atom. The topological polar surface area (TPSA) is 26.7 Å². The minimum Gasteiger partial charge on any atom is -0.382 e. The second-order valence-corrected chi connectivity index (χ2v) is 4.78. The highest BCUT2D eigenvalue weighted by molar-refractivity contribution is 4.88. The van der Waals surface area contributed by atoms with Gasteiger partial charge in [-0.25, -0.2) is 0 Å². The first-order chi connectivity index (χ1) is 7.21. The van der Waals surface area contributed by atoms with Gasteiger partial charge in [-0.05, 0) is 20.0 Å². The van der Waals surface area contributed by atoms with E-state index in [0.29, 0.717) is 19.0 Å². The van der Waals surface area contributed by atoms with Crippen molar-refractivity contribution >= 4 is 0 Å². The molecule has 1 rings (SSSR count). The van der Waals surface area contributed by atoms with E-state index in [4.69, 9.17) is 5.11 Å².